The van der Waals surface area contributed by atoms with Crippen LogP contribution in [0.2, 0.25) is 0 Å². The molecule has 1 unspecified atom stereocenters. The maximum Gasteiger partial charge on any atom is 0.307 e. The van der Waals surface area contributed by atoms with Crippen molar-refractivity contribution in [2.24, 2.45) is 5.92 Å². The molecule has 0 radical (unpaired) electrons. The number of carbonyl (C=O) groups is 1. The molecule has 0 bridgehead atoms. The summed E-state index contributed by atoms with van der Waals surface area (Å²) in [6.07, 6.45) is 1.36. The number of ether oxygens (including phenoxy) is 3. The predicted molar refractivity (Wildman–Crippen MR) is 92.6 cm³/mol. The Kier molecular flexibility index (Phi) is 6.90. The maximum absolute atomic E-state index is 11.1. The fourth-order valence-electron chi connectivity index (χ4n) is 3.31. The third-order valence-corrected chi connectivity index (χ3v) is 4.52. The van der Waals surface area contributed by atoms with Gasteiger partial charge in [-0.2, -0.15) is 0 Å². The Hall–Kier alpha value is -1.99. The van der Waals surface area contributed by atoms with Gasteiger partial charge in [0.25, 0.3) is 0 Å². The van der Waals surface area contributed by atoms with Crippen LogP contribution < -0.4 is 14.2 Å². The molecule has 7 heteroatoms. The molecule has 1 aromatic rings. The minimum atomic E-state index is -0.760. The van der Waals surface area contributed by atoms with Crippen molar-refractivity contribution in [3.63, 3.8) is 0 Å². The number of benzene rings is 1. The van der Waals surface area contributed by atoms with Crippen LogP contribution in [0.1, 0.15) is 18.4 Å². The number of β-amino-alcohol motifs (C(OH)–C–C–N with tert-alkyl or cyclic N) is 1. The van der Waals surface area contributed by atoms with Crippen LogP contribution in [0.3, 0.4) is 0 Å². The number of aliphatic hydroxyl groups is 1. The lowest BCUT2D eigenvalue weighted by atomic mass is 9.97. The molecule has 1 heterocycles. The Morgan fingerprint density at radius 3 is 2.40 bits per heavy atom. The molecule has 140 valence electrons. The number of aliphatic hydroxyl groups excluding tert-OH is 1. The first-order chi connectivity index (χ1) is 12.0. The van der Waals surface area contributed by atoms with Crippen molar-refractivity contribution in [3.05, 3.63) is 17.7 Å². The van der Waals surface area contributed by atoms with Gasteiger partial charge in [0.15, 0.2) is 11.5 Å². The fourth-order valence-corrected chi connectivity index (χ4v) is 3.31. The number of hydrogen-bond acceptors (Lipinski definition) is 6. The molecule has 1 aromatic carbocycles. The lowest BCUT2D eigenvalue weighted by Crippen LogP contribution is -2.42. The quantitative estimate of drug-likeness (QED) is 0.730. The van der Waals surface area contributed by atoms with Crippen LogP contribution in [-0.4, -0.2) is 68.1 Å². The molecule has 0 aromatic heterocycles. The van der Waals surface area contributed by atoms with Gasteiger partial charge in [-0.25, -0.2) is 0 Å². The van der Waals surface area contributed by atoms with Gasteiger partial charge in [0.1, 0.15) is 0 Å². The van der Waals surface area contributed by atoms with Crippen LogP contribution in [0.4, 0.5) is 0 Å². The van der Waals surface area contributed by atoms with Gasteiger partial charge in [0, 0.05) is 13.1 Å². The van der Waals surface area contributed by atoms with E-state index in [9.17, 15) is 9.90 Å². The maximum atomic E-state index is 11.1. The van der Waals surface area contributed by atoms with E-state index in [-0.39, 0.29) is 5.92 Å². The number of carboxylic acids is 1. The second-order valence-corrected chi connectivity index (χ2v) is 6.33. The summed E-state index contributed by atoms with van der Waals surface area (Å²) in [4.78, 5) is 13.2. The first kappa shape index (κ1) is 19.3. The zero-order valence-electron chi connectivity index (χ0n) is 15.0. The number of methoxy groups -OCH3 is 3. The minimum absolute atomic E-state index is 0.345. The SMILES string of the molecule is COc1cc(C[C@@H](O)CN2CCCC(C(=O)O)C2)cc(OC)c1OC. The Labute approximate surface area is 148 Å². The summed E-state index contributed by atoms with van der Waals surface area (Å²) in [7, 11) is 4.65. The van der Waals surface area contributed by atoms with Crippen LogP contribution in [-0.2, 0) is 11.2 Å². The smallest absolute Gasteiger partial charge is 0.307 e. The summed E-state index contributed by atoms with van der Waals surface area (Å²) in [5, 5.41) is 19.6. The molecule has 0 aliphatic carbocycles. The zero-order valence-corrected chi connectivity index (χ0v) is 15.0. The predicted octanol–water partition coefficient (Wildman–Crippen LogP) is 1.41. The van der Waals surface area contributed by atoms with Gasteiger partial charge < -0.3 is 24.4 Å². The first-order valence-electron chi connectivity index (χ1n) is 8.40. The average molecular weight is 353 g/mol. The van der Waals surface area contributed by atoms with E-state index in [4.69, 9.17) is 19.3 Å². The summed E-state index contributed by atoms with van der Waals surface area (Å²) in [5.74, 6) is 0.510. The first-order valence-corrected chi connectivity index (χ1v) is 8.40. The molecule has 1 fully saturated rings. The zero-order chi connectivity index (χ0) is 18.4. The molecule has 7 nitrogen and oxygen atoms in total. The normalized spacial score (nSPS) is 19.3. The van der Waals surface area contributed by atoms with Crippen LogP contribution in [0, 0.1) is 5.92 Å². The van der Waals surface area contributed by atoms with Crippen molar-refractivity contribution < 1.29 is 29.2 Å². The highest BCUT2D eigenvalue weighted by atomic mass is 16.5. The molecular formula is C18H27NO6. The fraction of sp³-hybridized carbons (Fsp3) is 0.611. The average Bonchev–Trinajstić information content (AvgIpc) is 2.60. The van der Waals surface area contributed by atoms with Crippen molar-refractivity contribution in [1.29, 1.82) is 0 Å². The van der Waals surface area contributed by atoms with E-state index < -0.39 is 12.1 Å². The van der Waals surface area contributed by atoms with Crippen molar-refractivity contribution in [2.75, 3.05) is 41.0 Å². The highest BCUT2D eigenvalue weighted by Crippen LogP contribution is 2.38. The van der Waals surface area contributed by atoms with Gasteiger partial charge in [-0.3, -0.25) is 9.69 Å². The van der Waals surface area contributed by atoms with Gasteiger partial charge in [-0.05, 0) is 43.5 Å². The van der Waals surface area contributed by atoms with E-state index in [1.165, 1.54) is 0 Å². The van der Waals surface area contributed by atoms with Crippen LogP contribution in [0.25, 0.3) is 0 Å². The molecule has 2 rings (SSSR count). The van der Waals surface area contributed by atoms with Gasteiger partial charge in [0.2, 0.25) is 5.75 Å². The van der Waals surface area contributed by atoms with Crippen LogP contribution in [0.5, 0.6) is 17.2 Å². The van der Waals surface area contributed by atoms with Gasteiger partial charge in [-0.15, -0.1) is 0 Å². The number of nitrogens with zero attached hydrogens (tertiary/aromatic N) is 1. The van der Waals surface area contributed by atoms with E-state index >= 15 is 0 Å². The lowest BCUT2D eigenvalue weighted by molar-refractivity contribution is -0.143. The van der Waals surface area contributed by atoms with Gasteiger partial charge in [0.05, 0.1) is 33.4 Å². The molecule has 1 aliphatic rings. The highest BCUT2D eigenvalue weighted by Gasteiger charge is 2.26. The second-order valence-electron chi connectivity index (χ2n) is 6.33. The van der Waals surface area contributed by atoms with Crippen LogP contribution >= 0.6 is 0 Å². The number of aliphatic carboxylic acids is 1. The van der Waals surface area contributed by atoms with E-state index in [1.54, 1.807) is 21.3 Å². The van der Waals surface area contributed by atoms with Gasteiger partial charge >= 0.3 is 5.97 Å². The number of carboxylic acid groups (broad SMARTS) is 1. The summed E-state index contributed by atoms with van der Waals surface area (Å²) in [5.41, 5.74) is 0.869. The van der Waals surface area contributed by atoms with E-state index in [0.717, 1.165) is 18.5 Å². The molecule has 1 saturated heterocycles. The Morgan fingerprint density at radius 1 is 1.24 bits per heavy atom. The molecule has 0 amide bonds. The Morgan fingerprint density at radius 2 is 1.88 bits per heavy atom. The molecular weight excluding hydrogens is 326 g/mol. The Bertz CT molecular complexity index is 566. The monoisotopic (exact) mass is 353 g/mol. The largest absolute Gasteiger partial charge is 0.493 e. The molecule has 2 N–H and O–H groups in total. The second kappa shape index (κ2) is 8.92. The third kappa shape index (κ3) is 4.99. The number of likely N-dealkylation sites (tertiary alicyclic amines) is 1. The van der Waals surface area contributed by atoms with Crippen molar-refractivity contribution >= 4 is 5.97 Å². The number of rotatable bonds is 8. The van der Waals surface area contributed by atoms with Crippen molar-refractivity contribution in [1.82, 2.24) is 4.90 Å². The summed E-state index contributed by atoms with van der Waals surface area (Å²) >= 11 is 0. The molecule has 0 saturated carbocycles. The van der Waals surface area contributed by atoms with Crippen LogP contribution in [0.15, 0.2) is 12.1 Å². The van der Waals surface area contributed by atoms with E-state index in [0.29, 0.717) is 43.2 Å². The van der Waals surface area contributed by atoms with E-state index in [2.05, 4.69) is 0 Å². The Balaban J connectivity index is 2.02. The lowest BCUT2D eigenvalue weighted by Gasteiger charge is -2.32. The molecule has 0 spiro atoms. The third-order valence-electron chi connectivity index (χ3n) is 4.52. The van der Waals surface area contributed by atoms with Gasteiger partial charge in [-0.1, -0.05) is 0 Å². The van der Waals surface area contributed by atoms with E-state index in [1.807, 2.05) is 17.0 Å². The number of hydrogen-bond donors (Lipinski definition) is 2. The summed E-state index contributed by atoms with van der Waals surface area (Å²) < 4.78 is 16.0. The molecule has 2 atom stereocenters. The standard InChI is InChI=1S/C18H27NO6/c1-23-15-8-12(9-16(24-2)17(15)25-3)7-14(20)11-19-6-4-5-13(10-19)18(21)22/h8-9,13-14,20H,4-7,10-11H2,1-3H3,(H,21,22)/t13?,14-/m1/s1. The number of piperidine rings is 1. The highest BCUT2D eigenvalue weighted by molar-refractivity contribution is 5.70. The minimum Gasteiger partial charge on any atom is -0.493 e. The molecule has 25 heavy (non-hydrogen) atoms. The summed E-state index contributed by atoms with van der Waals surface area (Å²) in [6, 6.07) is 3.64. The van der Waals surface area contributed by atoms with Crippen molar-refractivity contribution in [3.8, 4) is 17.2 Å². The van der Waals surface area contributed by atoms with Crippen molar-refractivity contribution in [2.45, 2.75) is 25.4 Å². The summed E-state index contributed by atoms with van der Waals surface area (Å²) in [6.45, 7) is 1.75. The molecule has 1 aliphatic heterocycles. The topological polar surface area (TPSA) is 88.5 Å².